The molecule has 8 unspecified atom stereocenters. The predicted molar refractivity (Wildman–Crippen MR) is 435 cm³/mol. The first-order valence-electron chi connectivity index (χ1n) is 43.1. The van der Waals surface area contributed by atoms with E-state index in [1.807, 2.05) is 0 Å². The molecule has 100 heavy (non-hydrogen) atoms. The average Bonchev–Trinajstić information content (AvgIpc) is 1.60. The highest BCUT2D eigenvalue weighted by Gasteiger charge is 2.52. The molecule has 592 valence electrons. The van der Waals surface area contributed by atoms with Crippen LogP contribution in [0.3, 0.4) is 0 Å². The number of nitrogens with zero attached hydrogens (tertiary/aromatic N) is 12. The maximum Gasteiger partial charge on any atom is 0.0729 e. The number of likely N-dealkylation sites (tertiary alicyclic amines) is 6. The zero-order chi connectivity index (χ0) is 74.9. The lowest BCUT2D eigenvalue weighted by molar-refractivity contribution is -0.148. The van der Waals surface area contributed by atoms with Crippen molar-refractivity contribution in [3.63, 3.8) is 0 Å². The van der Waals surface area contributed by atoms with E-state index < -0.39 is 0 Å². The lowest BCUT2D eigenvalue weighted by Crippen LogP contribution is -2.61. The molecule has 14 saturated heterocycles. The smallest absolute Gasteiger partial charge is 0.0729 e. The van der Waals surface area contributed by atoms with Crippen molar-refractivity contribution in [2.75, 3.05) is 106 Å². The van der Waals surface area contributed by atoms with Crippen LogP contribution in [0.5, 0.6) is 0 Å². The summed E-state index contributed by atoms with van der Waals surface area (Å²) in [5.74, 6) is 4.31. The molecule has 0 aromatic carbocycles. The van der Waals surface area contributed by atoms with Gasteiger partial charge in [-0.05, 0) is 336 Å². The first-order chi connectivity index (χ1) is 46.9. The summed E-state index contributed by atoms with van der Waals surface area (Å²) in [6, 6.07) is 16.6. The Morgan fingerprint density at radius 2 is 0.540 bits per heavy atom. The number of hydrogen-bond donors (Lipinski definition) is 0. The van der Waals surface area contributed by atoms with E-state index >= 15 is 0 Å². The average molecular weight is 1410 g/mol. The van der Waals surface area contributed by atoms with Crippen molar-refractivity contribution < 1.29 is 9.47 Å². The number of morpholine rings is 2. The van der Waals surface area contributed by atoms with Crippen LogP contribution in [0.25, 0.3) is 0 Å². The fraction of sp³-hybridized carbons (Fsp3) is 1.00. The number of likely N-dealkylation sites (N-methyl/N-ethyl adjacent to an activating group) is 2. The van der Waals surface area contributed by atoms with Crippen LogP contribution in [0, 0.1) is 23.7 Å². The summed E-state index contributed by atoms with van der Waals surface area (Å²) < 4.78 is 11.5. The van der Waals surface area contributed by atoms with Crippen molar-refractivity contribution in [1.82, 2.24) is 58.8 Å². The van der Waals surface area contributed by atoms with Crippen molar-refractivity contribution in [2.24, 2.45) is 23.7 Å². The Hall–Kier alpha value is -0.560. The van der Waals surface area contributed by atoms with E-state index in [4.69, 9.17) is 9.47 Å². The van der Waals surface area contributed by atoms with Gasteiger partial charge in [-0.25, -0.2) is 0 Å². The quantitative estimate of drug-likeness (QED) is 0.209. The van der Waals surface area contributed by atoms with Crippen molar-refractivity contribution in [3.8, 4) is 0 Å². The molecule has 14 heteroatoms. The molecule has 16 rings (SSSR count). The van der Waals surface area contributed by atoms with Gasteiger partial charge in [-0.2, -0.15) is 0 Å². The third-order valence-electron chi connectivity index (χ3n) is 26.8. The van der Waals surface area contributed by atoms with E-state index in [9.17, 15) is 0 Å². The second kappa shape index (κ2) is 43.0. The molecule has 0 aromatic rings. The lowest BCUT2D eigenvalue weighted by Gasteiger charge is -2.51. The SMILES string of the molecule is CC(C)N1C2CCC(OC2)[C@@H]1C.CC(C)N1C2CCC(OC2)[C@H]1C.CC(C)N1CC2CC2[C@@H]1C.CC(C)N1CC2CC2[C@H]1C.CC(C)N1CCC[C@@H]1C.CC(C)N1CCC[C@H]1C.CC(C)N1CCN(C)C[C@@H]1C.CC(C)N1CCN(C)C[C@H]1C.CC(C)N1CC[C@@H]1C.CC(C)N1CC[C@H]1C. The van der Waals surface area contributed by atoms with Crippen LogP contribution in [0.15, 0.2) is 0 Å². The van der Waals surface area contributed by atoms with E-state index in [0.717, 1.165) is 121 Å². The number of rotatable bonds is 10. The molecule has 2 saturated carbocycles. The standard InChI is InChI=1S/2C10H19NO.2C9H20N2.2C9H17N.2C8H17N.2C7H15N/c2*1-7(2)11-8(3)10-5-4-9(11)6-12-10;2*1-8(2)11-6-5-10(4)7-9(11)3;2*1-6(2)10-5-8-4-9(8)7(10)3;2*1-7(2)9-6-4-5-8(9)3;2*1-6(2)8-5-4-7(8)3/h2*7-10H,4-6H2,1-3H3;2*8-9H,5-7H2,1-4H3;2*6-9H,4-5H2,1-3H3;2*7-8H,4-6H2,1-3H3;2*6-7H,4-5H2,1-3H3/t2*8-,9?,10?;2*9-;2*7-,8?,9?;2*8-;2*7-/m1010101010/s1. The van der Waals surface area contributed by atoms with Crippen LogP contribution in [-0.2, 0) is 9.47 Å². The summed E-state index contributed by atoms with van der Waals surface area (Å²) in [5, 5.41) is 0. The Morgan fingerprint density at radius 3 is 0.680 bits per heavy atom. The van der Waals surface area contributed by atoms with Crippen LogP contribution in [-0.4, -0.2) is 310 Å². The molecular formula is C86H176N12O2. The third-order valence-corrected chi connectivity index (χ3v) is 26.8. The molecule has 2 aliphatic carbocycles. The van der Waals surface area contributed by atoms with Gasteiger partial charge in [0.2, 0.25) is 0 Å². The zero-order valence-corrected chi connectivity index (χ0v) is 72.7. The highest BCUT2D eigenvalue weighted by atomic mass is 16.5. The number of hydrogen-bond acceptors (Lipinski definition) is 14. The molecule has 14 nitrogen and oxygen atoms in total. The fourth-order valence-corrected chi connectivity index (χ4v) is 20.3. The topological polar surface area (TPSA) is 57.3 Å². The van der Waals surface area contributed by atoms with Gasteiger partial charge < -0.3 is 19.3 Å². The Balaban J connectivity index is 0.000000201. The Bertz CT molecular complexity index is 2000. The van der Waals surface area contributed by atoms with Crippen molar-refractivity contribution in [1.29, 1.82) is 0 Å². The van der Waals surface area contributed by atoms with Crippen molar-refractivity contribution in [3.05, 3.63) is 0 Å². The van der Waals surface area contributed by atoms with Crippen molar-refractivity contribution in [2.45, 2.75) is 430 Å². The highest BCUT2D eigenvalue weighted by Crippen LogP contribution is 2.50. The predicted octanol–water partition coefficient (Wildman–Crippen LogP) is 15.6. The van der Waals surface area contributed by atoms with Crippen LogP contribution in [0.1, 0.15) is 285 Å². The third kappa shape index (κ3) is 26.9. The molecule has 0 amide bonds. The summed E-state index contributed by atoms with van der Waals surface area (Å²) in [5.41, 5.74) is 0. The molecule has 14 heterocycles. The Morgan fingerprint density at radius 1 is 0.260 bits per heavy atom. The highest BCUT2D eigenvalue weighted by molar-refractivity contribution is 5.04. The number of fused-ring (bicyclic) bond motifs is 8. The van der Waals surface area contributed by atoms with E-state index in [2.05, 4.69) is 281 Å². The second-order valence-corrected chi connectivity index (χ2v) is 37.6. The lowest BCUT2D eigenvalue weighted by atomic mass is 9.90. The molecule has 0 aromatic heterocycles. The second-order valence-electron chi connectivity index (χ2n) is 37.6. The van der Waals surface area contributed by atoms with E-state index in [1.165, 1.54) is 156 Å². The maximum atomic E-state index is 5.73. The first kappa shape index (κ1) is 90.1. The number of piperazine rings is 2. The summed E-state index contributed by atoms with van der Waals surface area (Å²) >= 11 is 0. The molecule has 4 bridgehead atoms. The largest absolute Gasteiger partial charge is 0.375 e. The fourth-order valence-electron chi connectivity index (χ4n) is 20.3. The minimum atomic E-state index is 0.511. The minimum Gasteiger partial charge on any atom is -0.375 e. The summed E-state index contributed by atoms with van der Waals surface area (Å²) in [7, 11) is 4.41. The van der Waals surface area contributed by atoms with Crippen LogP contribution >= 0.6 is 0 Å². The maximum absolute atomic E-state index is 5.73. The Labute approximate surface area is 624 Å². The van der Waals surface area contributed by atoms with Crippen LogP contribution < -0.4 is 0 Å². The van der Waals surface area contributed by atoms with E-state index in [-0.39, 0.29) is 0 Å². The minimum absolute atomic E-state index is 0.511. The Kier molecular flexibility index (Phi) is 38.7. The van der Waals surface area contributed by atoms with Gasteiger partial charge in [0, 0.05) is 198 Å². The summed E-state index contributed by atoms with van der Waals surface area (Å²) in [6.45, 7) is 86.2. The van der Waals surface area contributed by atoms with Gasteiger partial charge in [-0.1, -0.05) is 0 Å². The first-order valence-corrected chi connectivity index (χ1v) is 43.1. The molecule has 14 aliphatic heterocycles. The van der Waals surface area contributed by atoms with Gasteiger partial charge in [-0.3, -0.25) is 49.0 Å². The molecule has 0 N–H and O–H groups in total. The van der Waals surface area contributed by atoms with Gasteiger partial charge >= 0.3 is 0 Å². The van der Waals surface area contributed by atoms with Crippen LogP contribution in [0.2, 0.25) is 0 Å². The monoisotopic (exact) mass is 1410 g/mol. The molecule has 16 aliphatic rings. The number of ether oxygens (including phenoxy) is 2. The number of piperidine rings is 4. The van der Waals surface area contributed by atoms with Crippen LogP contribution in [0.4, 0.5) is 0 Å². The van der Waals surface area contributed by atoms with Gasteiger partial charge in [0.05, 0.1) is 25.4 Å². The normalized spacial score (nSPS) is 36.3. The van der Waals surface area contributed by atoms with Gasteiger partial charge in [0.15, 0.2) is 0 Å². The molecule has 0 radical (unpaired) electrons. The van der Waals surface area contributed by atoms with E-state index in [1.54, 1.807) is 0 Å². The molecule has 16 fully saturated rings. The molecule has 18 atom stereocenters. The van der Waals surface area contributed by atoms with Gasteiger partial charge in [-0.15, -0.1) is 0 Å². The zero-order valence-electron chi connectivity index (χ0n) is 72.7. The van der Waals surface area contributed by atoms with Gasteiger partial charge in [0.1, 0.15) is 0 Å². The molecule has 0 spiro atoms. The van der Waals surface area contributed by atoms with Gasteiger partial charge in [0.25, 0.3) is 0 Å². The van der Waals surface area contributed by atoms with Crippen molar-refractivity contribution >= 4 is 0 Å². The summed E-state index contributed by atoms with van der Waals surface area (Å²) in [4.78, 5) is 30.6. The van der Waals surface area contributed by atoms with E-state index in [0.29, 0.717) is 60.5 Å². The molecular weight excluding hydrogens is 1230 g/mol. The summed E-state index contributed by atoms with van der Waals surface area (Å²) in [6.07, 6.45) is 17.7.